The summed E-state index contributed by atoms with van der Waals surface area (Å²) in [5.41, 5.74) is 5.94. The summed E-state index contributed by atoms with van der Waals surface area (Å²) in [6, 6.07) is 2.40. The molecule has 27 heavy (non-hydrogen) atoms. The van der Waals surface area contributed by atoms with Crippen LogP contribution < -0.4 is 15.4 Å². The van der Waals surface area contributed by atoms with Crippen molar-refractivity contribution in [3.63, 3.8) is 0 Å². The highest BCUT2D eigenvalue weighted by Gasteiger charge is 2.45. The van der Waals surface area contributed by atoms with Gasteiger partial charge in [-0.05, 0) is 30.9 Å². The minimum absolute atomic E-state index is 0.116. The molecule has 2 N–H and O–H groups in total. The molecule has 3 heterocycles. The summed E-state index contributed by atoms with van der Waals surface area (Å²) in [4.78, 5) is 31.5. The maximum absolute atomic E-state index is 13.3. The maximum atomic E-state index is 13.3. The summed E-state index contributed by atoms with van der Waals surface area (Å²) in [7, 11) is 0. The van der Waals surface area contributed by atoms with Crippen molar-refractivity contribution in [3.05, 3.63) is 17.8 Å². The second-order valence-corrected chi connectivity index (χ2v) is 8.18. The molecule has 1 aromatic rings. The molecule has 1 saturated carbocycles. The number of nitrogens with zero attached hydrogens (tertiary/aromatic N) is 3. The largest absolute Gasteiger partial charge is 0.476 e. The average Bonchev–Trinajstić information content (AvgIpc) is 3.30. The van der Waals surface area contributed by atoms with Crippen LogP contribution in [0, 0.1) is 5.92 Å². The summed E-state index contributed by atoms with van der Waals surface area (Å²) in [5, 5.41) is 0. The molecule has 2 saturated heterocycles. The topological polar surface area (TPSA) is 88.8 Å². The van der Waals surface area contributed by atoms with Crippen LogP contribution in [0.2, 0.25) is 0 Å². The Morgan fingerprint density at radius 1 is 1.33 bits per heavy atom. The SMILES string of the molecule is NC(=O)[C@@H]1CSCN1C(=O)c1ccc(N2CC(F)(F)C2)c(OCC2CC2)n1. The molecule has 2 aliphatic heterocycles. The lowest BCUT2D eigenvalue weighted by atomic mass is 10.1. The van der Waals surface area contributed by atoms with Gasteiger partial charge in [-0.3, -0.25) is 9.59 Å². The molecule has 0 spiro atoms. The Morgan fingerprint density at radius 2 is 2.07 bits per heavy atom. The number of hydrogen-bond donors (Lipinski definition) is 1. The van der Waals surface area contributed by atoms with Crippen molar-refractivity contribution in [1.29, 1.82) is 0 Å². The lowest BCUT2D eigenvalue weighted by Gasteiger charge is -2.40. The zero-order chi connectivity index (χ0) is 19.2. The third kappa shape index (κ3) is 3.80. The highest BCUT2D eigenvalue weighted by molar-refractivity contribution is 7.99. The predicted molar refractivity (Wildman–Crippen MR) is 96.1 cm³/mol. The van der Waals surface area contributed by atoms with Crippen molar-refractivity contribution in [2.75, 3.05) is 36.2 Å². The molecular weight excluding hydrogens is 378 g/mol. The van der Waals surface area contributed by atoms with Gasteiger partial charge in [0.25, 0.3) is 11.8 Å². The summed E-state index contributed by atoms with van der Waals surface area (Å²) in [6.45, 7) is -0.339. The van der Waals surface area contributed by atoms with E-state index in [-0.39, 0.29) is 11.6 Å². The Hall–Kier alpha value is -2.10. The molecule has 0 unspecified atom stereocenters. The number of nitrogens with two attached hydrogens (primary N) is 1. The molecule has 1 atom stereocenters. The monoisotopic (exact) mass is 398 g/mol. The van der Waals surface area contributed by atoms with Gasteiger partial charge in [0.05, 0.1) is 25.6 Å². The number of rotatable bonds is 6. The van der Waals surface area contributed by atoms with Crippen LogP contribution in [-0.2, 0) is 4.79 Å². The molecule has 3 aliphatic rings. The van der Waals surface area contributed by atoms with Crippen molar-refractivity contribution in [1.82, 2.24) is 9.88 Å². The molecular formula is C17H20F2N4O3S. The molecule has 10 heteroatoms. The summed E-state index contributed by atoms with van der Waals surface area (Å²) < 4.78 is 32.2. The van der Waals surface area contributed by atoms with Crippen LogP contribution in [0.4, 0.5) is 14.5 Å². The van der Waals surface area contributed by atoms with Gasteiger partial charge >= 0.3 is 0 Å². The first-order valence-electron chi connectivity index (χ1n) is 8.79. The minimum Gasteiger partial charge on any atom is -0.476 e. The molecule has 0 bridgehead atoms. The Bertz CT molecular complexity index is 767. The molecule has 1 aromatic heterocycles. The molecule has 0 aromatic carbocycles. The number of halogens is 2. The Labute approximate surface area is 159 Å². The van der Waals surface area contributed by atoms with E-state index in [1.54, 1.807) is 6.07 Å². The summed E-state index contributed by atoms with van der Waals surface area (Å²) >= 11 is 1.44. The molecule has 146 valence electrons. The fourth-order valence-corrected chi connectivity index (χ4v) is 4.26. The Morgan fingerprint density at radius 3 is 2.70 bits per heavy atom. The normalized spacial score (nSPS) is 23.9. The zero-order valence-corrected chi connectivity index (χ0v) is 15.4. The van der Waals surface area contributed by atoms with Gasteiger partial charge in [-0.1, -0.05) is 0 Å². The van der Waals surface area contributed by atoms with Gasteiger partial charge in [-0.25, -0.2) is 13.8 Å². The van der Waals surface area contributed by atoms with Crippen LogP contribution in [0.5, 0.6) is 5.88 Å². The van der Waals surface area contributed by atoms with E-state index in [9.17, 15) is 18.4 Å². The molecule has 4 rings (SSSR count). The number of carbonyl (C=O) groups is 2. The van der Waals surface area contributed by atoms with E-state index in [0.29, 0.717) is 29.8 Å². The van der Waals surface area contributed by atoms with Crippen molar-refractivity contribution >= 4 is 29.3 Å². The van der Waals surface area contributed by atoms with Gasteiger partial charge in [0, 0.05) is 5.75 Å². The van der Waals surface area contributed by atoms with Gasteiger partial charge < -0.3 is 20.3 Å². The number of primary amides is 1. The first kappa shape index (κ1) is 18.3. The van der Waals surface area contributed by atoms with E-state index in [4.69, 9.17) is 10.5 Å². The molecule has 2 amide bonds. The Balaban J connectivity index is 1.56. The van der Waals surface area contributed by atoms with E-state index in [1.165, 1.54) is 27.6 Å². The van der Waals surface area contributed by atoms with E-state index in [1.807, 2.05) is 0 Å². The number of amides is 2. The second-order valence-electron chi connectivity index (χ2n) is 7.18. The maximum Gasteiger partial charge on any atom is 0.282 e. The molecule has 0 radical (unpaired) electrons. The lowest BCUT2D eigenvalue weighted by molar-refractivity contribution is -0.121. The van der Waals surface area contributed by atoms with E-state index in [0.717, 1.165) is 12.8 Å². The van der Waals surface area contributed by atoms with Crippen LogP contribution in [0.25, 0.3) is 0 Å². The third-order valence-corrected chi connectivity index (χ3v) is 5.88. The van der Waals surface area contributed by atoms with Gasteiger partial charge in [0.1, 0.15) is 17.4 Å². The number of pyridine rings is 1. The van der Waals surface area contributed by atoms with Gasteiger partial charge in [-0.2, -0.15) is 0 Å². The van der Waals surface area contributed by atoms with Crippen molar-refractivity contribution < 1.29 is 23.1 Å². The standard InChI is InChI=1S/C17H20F2N4O3S/c18-17(19)7-22(8-17)12-4-3-11(21-15(12)26-5-10-1-2-10)16(25)23-9-27-6-13(23)14(20)24/h3-4,10,13H,1-2,5-9H2,(H2,20,24)/t13-/m0/s1. The fourth-order valence-electron chi connectivity index (χ4n) is 3.09. The lowest BCUT2D eigenvalue weighted by Crippen LogP contribution is -2.56. The average molecular weight is 398 g/mol. The van der Waals surface area contributed by atoms with Crippen LogP contribution in [-0.4, -0.2) is 65.0 Å². The van der Waals surface area contributed by atoms with Crippen molar-refractivity contribution in [3.8, 4) is 5.88 Å². The fraction of sp³-hybridized carbons (Fsp3) is 0.588. The van der Waals surface area contributed by atoms with E-state index < -0.39 is 36.9 Å². The van der Waals surface area contributed by atoms with E-state index in [2.05, 4.69) is 4.98 Å². The smallest absolute Gasteiger partial charge is 0.282 e. The minimum atomic E-state index is -2.72. The quantitative estimate of drug-likeness (QED) is 0.778. The number of anilines is 1. The van der Waals surface area contributed by atoms with Crippen LogP contribution >= 0.6 is 11.8 Å². The number of aromatic nitrogens is 1. The highest BCUT2D eigenvalue weighted by atomic mass is 32.2. The number of hydrogen-bond acceptors (Lipinski definition) is 6. The van der Waals surface area contributed by atoms with Crippen LogP contribution in [0.15, 0.2) is 12.1 Å². The third-order valence-electron chi connectivity index (χ3n) is 4.87. The number of carbonyl (C=O) groups excluding carboxylic acids is 2. The van der Waals surface area contributed by atoms with Crippen LogP contribution in [0.1, 0.15) is 23.3 Å². The summed E-state index contributed by atoms with van der Waals surface area (Å²) in [6.07, 6.45) is 2.14. The van der Waals surface area contributed by atoms with Gasteiger partial charge in [0.15, 0.2) is 0 Å². The molecule has 7 nitrogen and oxygen atoms in total. The van der Waals surface area contributed by atoms with Gasteiger partial charge in [-0.15, -0.1) is 11.8 Å². The highest BCUT2D eigenvalue weighted by Crippen LogP contribution is 2.38. The number of alkyl halides is 2. The first-order valence-corrected chi connectivity index (χ1v) is 9.94. The zero-order valence-electron chi connectivity index (χ0n) is 14.6. The predicted octanol–water partition coefficient (Wildman–Crippen LogP) is 1.33. The van der Waals surface area contributed by atoms with E-state index >= 15 is 0 Å². The molecule has 3 fully saturated rings. The first-order chi connectivity index (χ1) is 12.8. The summed E-state index contributed by atoms with van der Waals surface area (Å²) in [5.74, 6) is -2.25. The number of ether oxygens (including phenoxy) is 1. The second kappa shape index (κ2) is 6.81. The van der Waals surface area contributed by atoms with Crippen molar-refractivity contribution in [2.24, 2.45) is 11.7 Å². The molecule has 1 aliphatic carbocycles. The van der Waals surface area contributed by atoms with Crippen LogP contribution in [0.3, 0.4) is 0 Å². The Kier molecular flexibility index (Phi) is 4.61. The van der Waals surface area contributed by atoms with Gasteiger partial charge in [0.2, 0.25) is 11.8 Å². The van der Waals surface area contributed by atoms with Crippen molar-refractivity contribution in [2.45, 2.75) is 24.8 Å². The number of thioether (sulfide) groups is 1.